The van der Waals surface area contributed by atoms with E-state index in [1.807, 2.05) is 60.0 Å². The number of halogens is 1. The van der Waals surface area contributed by atoms with Crippen molar-refractivity contribution in [1.29, 1.82) is 0 Å². The first-order chi connectivity index (χ1) is 11.8. The maximum atomic E-state index is 6.03. The average molecular weight is 354 g/mol. The van der Waals surface area contributed by atoms with Crippen LogP contribution in [0.2, 0.25) is 5.02 Å². The molecule has 4 rings (SSSR count). The summed E-state index contributed by atoms with van der Waals surface area (Å²) in [6.45, 7) is 0. The van der Waals surface area contributed by atoms with Crippen LogP contribution in [-0.2, 0) is 6.42 Å². The number of nitrogens with zero attached hydrogens (tertiary/aromatic N) is 3. The molecule has 0 saturated heterocycles. The Kier molecular flexibility index (Phi) is 4.11. The van der Waals surface area contributed by atoms with Crippen LogP contribution in [0, 0.1) is 0 Å². The van der Waals surface area contributed by atoms with E-state index in [0.29, 0.717) is 23.2 Å². The highest BCUT2D eigenvalue weighted by Crippen LogP contribution is 2.25. The number of aromatic nitrogens is 3. The van der Waals surface area contributed by atoms with E-state index in [1.165, 1.54) is 0 Å². The van der Waals surface area contributed by atoms with E-state index in [2.05, 4.69) is 15.1 Å². The van der Waals surface area contributed by atoms with E-state index in [0.717, 1.165) is 21.8 Å². The molecule has 0 aliphatic carbocycles. The van der Waals surface area contributed by atoms with Gasteiger partial charge in [-0.3, -0.25) is 0 Å². The number of hydrogen-bond donors (Lipinski definition) is 0. The van der Waals surface area contributed by atoms with Gasteiger partial charge in [0.2, 0.25) is 11.7 Å². The molecule has 4 aromatic rings. The molecule has 0 unspecified atom stereocenters. The lowest BCUT2D eigenvalue weighted by Crippen LogP contribution is -1.88. The predicted molar refractivity (Wildman–Crippen MR) is 95.1 cm³/mol. The highest BCUT2D eigenvalue weighted by molar-refractivity contribution is 7.10. The molecule has 4 nitrogen and oxygen atoms in total. The minimum atomic E-state index is 0.519. The monoisotopic (exact) mass is 353 g/mol. The van der Waals surface area contributed by atoms with Crippen LogP contribution in [0.15, 0.2) is 64.5 Å². The third-order valence-electron chi connectivity index (χ3n) is 3.47. The second kappa shape index (κ2) is 6.55. The van der Waals surface area contributed by atoms with E-state index in [4.69, 9.17) is 16.1 Å². The number of benzene rings is 2. The van der Waals surface area contributed by atoms with Crippen molar-refractivity contribution in [3.63, 3.8) is 0 Å². The average Bonchev–Trinajstić information content (AvgIpc) is 3.26. The maximum absolute atomic E-state index is 6.03. The van der Waals surface area contributed by atoms with Gasteiger partial charge in [-0.2, -0.15) is 4.98 Å². The second-order valence-corrected chi connectivity index (χ2v) is 6.57. The van der Waals surface area contributed by atoms with Gasteiger partial charge < -0.3 is 4.52 Å². The fraction of sp³-hybridized carbons (Fsp3) is 0.0556. The van der Waals surface area contributed by atoms with Gasteiger partial charge in [0.05, 0.1) is 12.1 Å². The molecule has 0 aliphatic heterocycles. The Morgan fingerprint density at radius 3 is 2.62 bits per heavy atom. The van der Waals surface area contributed by atoms with Crippen LogP contribution < -0.4 is 0 Å². The summed E-state index contributed by atoms with van der Waals surface area (Å²) < 4.78 is 5.34. The number of hydrogen-bond acceptors (Lipinski definition) is 5. The molecule has 0 saturated carbocycles. The van der Waals surface area contributed by atoms with Gasteiger partial charge in [0.1, 0.15) is 5.01 Å². The molecule has 2 heterocycles. The minimum Gasteiger partial charge on any atom is -0.339 e. The summed E-state index contributed by atoms with van der Waals surface area (Å²) >= 11 is 7.60. The van der Waals surface area contributed by atoms with Crippen LogP contribution in [0.5, 0.6) is 0 Å². The molecular formula is C18H12ClN3OS. The second-order valence-electron chi connectivity index (χ2n) is 5.19. The van der Waals surface area contributed by atoms with Crippen LogP contribution >= 0.6 is 22.9 Å². The Morgan fingerprint density at radius 2 is 1.79 bits per heavy atom. The van der Waals surface area contributed by atoms with Crippen molar-refractivity contribution in [2.24, 2.45) is 0 Å². The van der Waals surface area contributed by atoms with Gasteiger partial charge in [0.25, 0.3) is 0 Å². The van der Waals surface area contributed by atoms with E-state index in [1.54, 1.807) is 11.3 Å². The van der Waals surface area contributed by atoms with Gasteiger partial charge in [-0.05, 0) is 12.1 Å². The molecule has 0 aliphatic rings. The first kappa shape index (κ1) is 15.1. The lowest BCUT2D eigenvalue weighted by Gasteiger charge is -1.96. The van der Waals surface area contributed by atoms with Gasteiger partial charge in [-0.25, -0.2) is 4.98 Å². The highest BCUT2D eigenvalue weighted by atomic mass is 35.5. The smallest absolute Gasteiger partial charge is 0.233 e. The molecule has 6 heteroatoms. The summed E-state index contributed by atoms with van der Waals surface area (Å²) in [5, 5.41) is 7.67. The normalized spacial score (nSPS) is 10.9. The molecule has 0 N–H and O–H groups in total. The van der Waals surface area contributed by atoms with Gasteiger partial charge in [0, 0.05) is 21.5 Å². The quantitative estimate of drug-likeness (QED) is 0.512. The zero-order valence-electron chi connectivity index (χ0n) is 12.5. The molecule has 0 amide bonds. The molecule has 0 fully saturated rings. The topological polar surface area (TPSA) is 51.8 Å². The fourth-order valence-corrected chi connectivity index (χ4v) is 3.32. The first-order valence-corrected chi connectivity index (χ1v) is 8.62. The van der Waals surface area contributed by atoms with E-state index in [9.17, 15) is 0 Å². The van der Waals surface area contributed by atoms with Gasteiger partial charge >= 0.3 is 0 Å². The Morgan fingerprint density at radius 1 is 0.958 bits per heavy atom. The zero-order valence-corrected chi connectivity index (χ0v) is 14.1. The lowest BCUT2D eigenvalue weighted by atomic mass is 10.2. The molecule has 118 valence electrons. The Labute approximate surface area is 147 Å². The van der Waals surface area contributed by atoms with Crippen LogP contribution in [0.25, 0.3) is 22.6 Å². The van der Waals surface area contributed by atoms with E-state index in [-0.39, 0.29) is 0 Å². The van der Waals surface area contributed by atoms with E-state index < -0.39 is 0 Å². The standard InChI is InChI=1S/C18H12ClN3OS/c19-14-8-4-7-13(9-14)15-11-24-17(20-15)10-16-21-18(22-23-16)12-5-2-1-3-6-12/h1-9,11H,10H2. The third-order valence-corrected chi connectivity index (χ3v) is 4.56. The summed E-state index contributed by atoms with van der Waals surface area (Å²) in [4.78, 5) is 9.07. The summed E-state index contributed by atoms with van der Waals surface area (Å²) in [5.74, 6) is 1.15. The lowest BCUT2D eigenvalue weighted by molar-refractivity contribution is 0.385. The van der Waals surface area contributed by atoms with Crippen molar-refractivity contribution in [3.05, 3.63) is 75.9 Å². The minimum absolute atomic E-state index is 0.519. The molecule has 0 atom stereocenters. The van der Waals surface area contributed by atoms with Crippen LogP contribution in [-0.4, -0.2) is 15.1 Å². The number of thiazole rings is 1. The molecular weight excluding hydrogens is 342 g/mol. The maximum Gasteiger partial charge on any atom is 0.233 e. The van der Waals surface area contributed by atoms with Crippen LogP contribution in [0.4, 0.5) is 0 Å². The van der Waals surface area contributed by atoms with Crippen molar-refractivity contribution in [1.82, 2.24) is 15.1 Å². The summed E-state index contributed by atoms with van der Waals surface area (Å²) in [5.41, 5.74) is 2.84. The van der Waals surface area contributed by atoms with Gasteiger partial charge in [-0.1, -0.05) is 59.2 Å². The molecule has 24 heavy (non-hydrogen) atoms. The largest absolute Gasteiger partial charge is 0.339 e. The Bertz CT molecular complexity index is 965. The van der Waals surface area contributed by atoms with Gasteiger partial charge in [-0.15, -0.1) is 11.3 Å². The summed E-state index contributed by atoms with van der Waals surface area (Å²) in [7, 11) is 0. The van der Waals surface area contributed by atoms with Crippen molar-refractivity contribution < 1.29 is 4.52 Å². The third kappa shape index (κ3) is 3.22. The molecule has 0 spiro atoms. The summed E-state index contributed by atoms with van der Waals surface area (Å²) in [6.07, 6.45) is 0.519. The number of rotatable bonds is 4. The molecule has 0 bridgehead atoms. The SMILES string of the molecule is Clc1cccc(-c2csc(Cc3nc(-c4ccccc4)no3)n2)c1. The Hall–Kier alpha value is -2.50. The van der Waals surface area contributed by atoms with Crippen LogP contribution in [0.1, 0.15) is 10.9 Å². The highest BCUT2D eigenvalue weighted by Gasteiger charge is 2.12. The summed E-state index contributed by atoms with van der Waals surface area (Å²) in [6, 6.07) is 17.4. The fourth-order valence-electron chi connectivity index (χ4n) is 2.33. The zero-order chi connectivity index (χ0) is 16.4. The van der Waals surface area contributed by atoms with Crippen molar-refractivity contribution in [2.75, 3.05) is 0 Å². The van der Waals surface area contributed by atoms with Crippen molar-refractivity contribution in [3.8, 4) is 22.6 Å². The Balaban J connectivity index is 1.54. The van der Waals surface area contributed by atoms with Crippen molar-refractivity contribution in [2.45, 2.75) is 6.42 Å². The van der Waals surface area contributed by atoms with E-state index >= 15 is 0 Å². The molecule has 2 aromatic heterocycles. The molecule has 2 aromatic carbocycles. The molecule has 0 radical (unpaired) electrons. The first-order valence-electron chi connectivity index (χ1n) is 7.36. The van der Waals surface area contributed by atoms with Crippen molar-refractivity contribution >= 4 is 22.9 Å². The van der Waals surface area contributed by atoms with Gasteiger partial charge in [0.15, 0.2) is 0 Å². The predicted octanol–water partition coefficient (Wildman–Crippen LogP) is 5.10. The van der Waals surface area contributed by atoms with Crippen LogP contribution in [0.3, 0.4) is 0 Å².